The zero-order valence-electron chi connectivity index (χ0n) is 8.68. The predicted molar refractivity (Wildman–Crippen MR) is 60.3 cm³/mol. The molecule has 1 aromatic heterocycles. The summed E-state index contributed by atoms with van der Waals surface area (Å²) in [4.78, 5) is 8.79. The van der Waals surface area contributed by atoms with Gasteiger partial charge in [0.2, 0.25) is 0 Å². The average molecular weight is 202 g/mol. The molecule has 1 aromatic carbocycles. The lowest BCUT2D eigenvalue weighted by Crippen LogP contribution is -2.08. The minimum Gasteiger partial charge on any atom is -0.304 e. The lowest BCUT2D eigenvalue weighted by Gasteiger charge is -2.12. The van der Waals surface area contributed by atoms with E-state index in [1.165, 1.54) is 10.9 Å². The lowest BCUT2D eigenvalue weighted by molar-refractivity contribution is 0.127. The van der Waals surface area contributed by atoms with Crippen LogP contribution in [0.2, 0.25) is 0 Å². The first-order valence-electron chi connectivity index (χ1n) is 4.97. The molecule has 3 heteroatoms. The zero-order chi connectivity index (χ0) is 10.7. The Bertz CT molecular complexity index is 451. The van der Waals surface area contributed by atoms with Crippen molar-refractivity contribution in [3.63, 3.8) is 0 Å². The second-order valence-corrected chi connectivity index (χ2v) is 3.68. The summed E-state index contributed by atoms with van der Waals surface area (Å²) in [5.74, 6) is 5.39. The third-order valence-corrected chi connectivity index (χ3v) is 2.59. The molecule has 78 valence electrons. The fourth-order valence-electron chi connectivity index (χ4n) is 1.81. The van der Waals surface area contributed by atoms with Crippen molar-refractivity contribution in [3.05, 3.63) is 42.2 Å². The second-order valence-electron chi connectivity index (χ2n) is 3.68. The van der Waals surface area contributed by atoms with E-state index in [0.717, 1.165) is 5.39 Å². The van der Waals surface area contributed by atoms with Crippen LogP contribution in [0.25, 0.3) is 10.8 Å². The fourth-order valence-corrected chi connectivity index (χ4v) is 1.81. The van der Waals surface area contributed by atoms with Crippen molar-refractivity contribution in [3.8, 4) is 0 Å². The van der Waals surface area contributed by atoms with Crippen LogP contribution < -0.4 is 5.90 Å². The lowest BCUT2D eigenvalue weighted by atomic mass is 9.96. The maximum Gasteiger partial charge on any atom is 0.0745 e. The normalized spacial score (nSPS) is 12.9. The summed E-state index contributed by atoms with van der Waals surface area (Å²) in [6.45, 7) is 2.63. The molecular weight excluding hydrogens is 188 g/mol. The van der Waals surface area contributed by atoms with Crippen molar-refractivity contribution >= 4 is 10.8 Å². The molecule has 0 bridgehead atoms. The molecule has 0 amide bonds. The van der Waals surface area contributed by atoms with Crippen LogP contribution >= 0.6 is 0 Å². The van der Waals surface area contributed by atoms with Gasteiger partial charge in [-0.15, -0.1) is 0 Å². The molecule has 3 nitrogen and oxygen atoms in total. The van der Waals surface area contributed by atoms with Gasteiger partial charge in [0.1, 0.15) is 0 Å². The number of nitrogens with zero attached hydrogens (tertiary/aromatic N) is 1. The predicted octanol–water partition coefficient (Wildman–Crippen LogP) is 2.23. The molecule has 15 heavy (non-hydrogen) atoms. The van der Waals surface area contributed by atoms with Crippen LogP contribution in [-0.2, 0) is 4.84 Å². The Labute approximate surface area is 88.8 Å². The van der Waals surface area contributed by atoms with Crippen LogP contribution in [-0.4, -0.2) is 11.6 Å². The van der Waals surface area contributed by atoms with Gasteiger partial charge in [-0.2, -0.15) is 0 Å². The molecule has 0 spiro atoms. The van der Waals surface area contributed by atoms with Crippen molar-refractivity contribution in [2.45, 2.75) is 12.8 Å². The average Bonchev–Trinajstić information content (AvgIpc) is 2.28. The van der Waals surface area contributed by atoms with Gasteiger partial charge < -0.3 is 4.84 Å². The van der Waals surface area contributed by atoms with E-state index in [9.17, 15) is 0 Å². The Hall–Kier alpha value is -1.45. The number of hydrogen-bond donors (Lipinski definition) is 1. The molecule has 0 fully saturated rings. The van der Waals surface area contributed by atoms with Gasteiger partial charge in [0.25, 0.3) is 0 Å². The van der Waals surface area contributed by atoms with E-state index in [-0.39, 0.29) is 0 Å². The van der Waals surface area contributed by atoms with Crippen LogP contribution in [0, 0.1) is 0 Å². The van der Waals surface area contributed by atoms with Gasteiger partial charge in [0.15, 0.2) is 0 Å². The van der Waals surface area contributed by atoms with Crippen molar-refractivity contribution in [1.29, 1.82) is 0 Å². The van der Waals surface area contributed by atoms with Crippen LogP contribution in [0.5, 0.6) is 0 Å². The number of hydrogen-bond acceptors (Lipinski definition) is 3. The molecule has 0 saturated carbocycles. The molecule has 1 atom stereocenters. The highest BCUT2D eigenvalue weighted by Gasteiger charge is 2.08. The number of pyridine rings is 1. The summed E-state index contributed by atoms with van der Waals surface area (Å²) in [7, 11) is 0. The number of benzene rings is 1. The van der Waals surface area contributed by atoms with Crippen LogP contribution in [0.15, 0.2) is 36.7 Å². The minimum absolute atomic E-state index is 0.293. The van der Waals surface area contributed by atoms with Gasteiger partial charge in [0, 0.05) is 23.7 Å². The summed E-state index contributed by atoms with van der Waals surface area (Å²) in [6.07, 6.45) is 3.68. The number of rotatable bonds is 3. The van der Waals surface area contributed by atoms with Crippen LogP contribution in [0.1, 0.15) is 18.4 Å². The molecular formula is C12H14N2O. The molecule has 2 N–H and O–H groups in total. The van der Waals surface area contributed by atoms with E-state index < -0.39 is 0 Å². The zero-order valence-corrected chi connectivity index (χ0v) is 8.68. The smallest absolute Gasteiger partial charge is 0.0745 e. The first kappa shape index (κ1) is 10.1. The van der Waals surface area contributed by atoms with Crippen molar-refractivity contribution in [1.82, 2.24) is 4.98 Å². The largest absolute Gasteiger partial charge is 0.304 e. The van der Waals surface area contributed by atoms with Gasteiger partial charge in [-0.3, -0.25) is 4.98 Å². The van der Waals surface area contributed by atoms with E-state index in [0.29, 0.717) is 12.5 Å². The Morgan fingerprint density at radius 2 is 2.27 bits per heavy atom. The highest BCUT2D eigenvalue weighted by molar-refractivity contribution is 5.85. The van der Waals surface area contributed by atoms with Gasteiger partial charge >= 0.3 is 0 Å². The van der Waals surface area contributed by atoms with E-state index in [1.54, 1.807) is 0 Å². The standard InChI is InChI=1S/C12H14N2O/c1-9(8-15-13)11-4-2-3-10-7-14-6-5-12(10)11/h2-7,9H,8,13H2,1H3. The van der Waals surface area contributed by atoms with Gasteiger partial charge in [0.05, 0.1) is 6.61 Å². The highest BCUT2D eigenvalue weighted by Crippen LogP contribution is 2.24. The molecule has 0 aliphatic rings. The van der Waals surface area contributed by atoms with Gasteiger partial charge in [-0.25, -0.2) is 5.90 Å². The fraction of sp³-hybridized carbons (Fsp3) is 0.250. The van der Waals surface area contributed by atoms with Crippen LogP contribution in [0.3, 0.4) is 0 Å². The maximum absolute atomic E-state index is 5.10. The molecule has 0 aliphatic carbocycles. The highest BCUT2D eigenvalue weighted by atomic mass is 16.6. The number of aromatic nitrogens is 1. The molecule has 1 unspecified atom stereocenters. The number of fused-ring (bicyclic) bond motifs is 1. The Morgan fingerprint density at radius 1 is 1.40 bits per heavy atom. The topological polar surface area (TPSA) is 48.1 Å². The summed E-state index contributed by atoms with van der Waals surface area (Å²) < 4.78 is 0. The van der Waals surface area contributed by atoms with E-state index >= 15 is 0 Å². The SMILES string of the molecule is CC(CON)c1cccc2cnccc12. The van der Waals surface area contributed by atoms with E-state index in [1.807, 2.05) is 24.5 Å². The Morgan fingerprint density at radius 3 is 3.07 bits per heavy atom. The van der Waals surface area contributed by atoms with Crippen molar-refractivity contribution < 1.29 is 4.84 Å². The third-order valence-electron chi connectivity index (χ3n) is 2.59. The van der Waals surface area contributed by atoms with Gasteiger partial charge in [-0.05, 0) is 17.0 Å². The molecule has 0 radical (unpaired) electrons. The monoisotopic (exact) mass is 202 g/mol. The van der Waals surface area contributed by atoms with Crippen molar-refractivity contribution in [2.75, 3.05) is 6.61 Å². The number of nitrogens with two attached hydrogens (primary N) is 1. The Kier molecular flexibility index (Phi) is 2.94. The van der Waals surface area contributed by atoms with Crippen LogP contribution in [0.4, 0.5) is 0 Å². The second kappa shape index (κ2) is 4.38. The van der Waals surface area contributed by atoms with E-state index in [2.05, 4.69) is 24.0 Å². The summed E-state index contributed by atoms with van der Waals surface area (Å²) in [5.41, 5.74) is 1.25. The Balaban J connectivity index is 2.50. The molecule has 0 aliphatic heterocycles. The van der Waals surface area contributed by atoms with E-state index in [4.69, 9.17) is 10.7 Å². The first-order valence-corrected chi connectivity index (χ1v) is 4.97. The summed E-state index contributed by atoms with van der Waals surface area (Å²) >= 11 is 0. The summed E-state index contributed by atoms with van der Waals surface area (Å²) in [6, 6.07) is 8.22. The maximum atomic E-state index is 5.10. The molecule has 2 aromatic rings. The van der Waals surface area contributed by atoms with Crippen molar-refractivity contribution in [2.24, 2.45) is 5.90 Å². The molecule has 2 rings (SSSR count). The minimum atomic E-state index is 0.293. The van der Waals surface area contributed by atoms with Gasteiger partial charge in [-0.1, -0.05) is 25.1 Å². The molecule has 0 saturated heterocycles. The summed E-state index contributed by atoms with van der Waals surface area (Å²) in [5, 5.41) is 2.37. The quantitative estimate of drug-likeness (QED) is 0.776. The first-order chi connectivity index (χ1) is 7.33. The third kappa shape index (κ3) is 1.98. The molecule has 1 heterocycles.